The minimum Gasteiger partial charge on any atom is -0.466 e. The lowest BCUT2D eigenvalue weighted by atomic mass is 10.6. The van der Waals surface area contributed by atoms with Crippen molar-refractivity contribution in [1.29, 1.82) is 0 Å². The second-order valence-corrected chi connectivity index (χ2v) is 1.15. The number of hydrogen-bond donors (Lipinski definition) is 1. The summed E-state index contributed by atoms with van der Waals surface area (Å²) in [4.78, 5) is 10.2. The SMILES string of the molecule is CN/C=C/C(=O)OC. The Morgan fingerprint density at radius 2 is 2.38 bits per heavy atom. The van der Waals surface area contributed by atoms with E-state index in [0.717, 1.165) is 0 Å². The van der Waals surface area contributed by atoms with E-state index in [-0.39, 0.29) is 5.97 Å². The van der Waals surface area contributed by atoms with Crippen LogP contribution in [0.5, 0.6) is 0 Å². The van der Waals surface area contributed by atoms with Gasteiger partial charge in [0.25, 0.3) is 0 Å². The van der Waals surface area contributed by atoms with E-state index in [1.165, 1.54) is 19.4 Å². The highest BCUT2D eigenvalue weighted by atomic mass is 16.5. The maximum Gasteiger partial charge on any atom is 0.331 e. The minimum atomic E-state index is -0.348. The summed E-state index contributed by atoms with van der Waals surface area (Å²) in [7, 11) is 3.04. The van der Waals surface area contributed by atoms with Gasteiger partial charge in [-0.3, -0.25) is 0 Å². The van der Waals surface area contributed by atoms with E-state index >= 15 is 0 Å². The highest BCUT2D eigenvalue weighted by Crippen LogP contribution is 1.72. The average molecular weight is 115 g/mol. The normalized spacial score (nSPS) is 9.25. The highest BCUT2D eigenvalue weighted by molar-refractivity contribution is 5.81. The monoisotopic (exact) mass is 115 g/mol. The molecular formula is C5H9NO2. The van der Waals surface area contributed by atoms with E-state index in [1.54, 1.807) is 7.05 Å². The number of methoxy groups -OCH3 is 1. The van der Waals surface area contributed by atoms with Crippen LogP contribution in [0, 0.1) is 0 Å². The fraction of sp³-hybridized carbons (Fsp3) is 0.400. The first-order valence-corrected chi connectivity index (χ1v) is 2.23. The molecule has 0 aromatic heterocycles. The maximum atomic E-state index is 10.2. The minimum absolute atomic E-state index is 0.348. The Labute approximate surface area is 48.3 Å². The van der Waals surface area contributed by atoms with Crippen molar-refractivity contribution in [2.45, 2.75) is 0 Å². The molecule has 0 fully saturated rings. The Morgan fingerprint density at radius 3 is 2.75 bits per heavy atom. The van der Waals surface area contributed by atoms with Gasteiger partial charge in [-0.05, 0) is 0 Å². The molecule has 0 aliphatic rings. The summed E-state index contributed by atoms with van der Waals surface area (Å²) in [6, 6.07) is 0. The standard InChI is InChI=1S/C5H9NO2/c1-6-4-3-5(7)8-2/h3-4,6H,1-2H3/b4-3+. The molecule has 0 amide bonds. The quantitative estimate of drug-likeness (QED) is 0.403. The van der Waals surface area contributed by atoms with Crippen LogP contribution in [0.2, 0.25) is 0 Å². The van der Waals surface area contributed by atoms with Crippen LogP contribution in [0.1, 0.15) is 0 Å². The number of carbonyl (C=O) groups is 1. The molecule has 0 rings (SSSR count). The van der Waals surface area contributed by atoms with Crippen molar-refractivity contribution < 1.29 is 9.53 Å². The number of carbonyl (C=O) groups excluding carboxylic acids is 1. The first kappa shape index (κ1) is 7.01. The number of rotatable bonds is 2. The van der Waals surface area contributed by atoms with Gasteiger partial charge in [-0.15, -0.1) is 0 Å². The second kappa shape index (κ2) is 4.18. The zero-order valence-corrected chi connectivity index (χ0v) is 4.97. The molecule has 3 nitrogen and oxygen atoms in total. The third-order valence-corrected chi connectivity index (χ3v) is 0.587. The Hall–Kier alpha value is -0.990. The molecule has 0 saturated carbocycles. The molecule has 0 saturated heterocycles. The Kier molecular flexibility index (Phi) is 3.66. The first-order valence-electron chi connectivity index (χ1n) is 2.23. The second-order valence-electron chi connectivity index (χ2n) is 1.15. The van der Waals surface area contributed by atoms with Gasteiger partial charge in [0.05, 0.1) is 7.11 Å². The zero-order valence-electron chi connectivity index (χ0n) is 4.97. The predicted octanol–water partition coefficient (Wildman–Crippen LogP) is -0.108. The van der Waals surface area contributed by atoms with Crippen molar-refractivity contribution >= 4 is 5.97 Å². The summed E-state index contributed by atoms with van der Waals surface area (Å²) in [5.74, 6) is -0.348. The van der Waals surface area contributed by atoms with Crippen molar-refractivity contribution in [1.82, 2.24) is 5.32 Å². The maximum absolute atomic E-state index is 10.2. The molecule has 46 valence electrons. The summed E-state index contributed by atoms with van der Waals surface area (Å²) < 4.78 is 4.29. The third kappa shape index (κ3) is 3.21. The van der Waals surface area contributed by atoms with Crippen LogP contribution in [-0.4, -0.2) is 20.1 Å². The summed E-state index contributed by atoms with van der Waals surface area (Å²) in [5.41, 5.74) is 0. The molecule has 0 heterocycles. The van der Waals surface area contributed by atoms with Gasteiger partial charge in [-0.1, -0.05) is 0 Å². The highest BCUT2D eigenvalue weighted by Gasteiger charge is 1.85. The molecule has 8 heavy (non-hydrogen) atoms. The molecule has 0 aliphatic heterocycles. The number of nitrogens with one attached hydrogen (secondary N) is 1. The molecule has 0 aromatic carbocycles. The summed E-state index contributed by atoms with van der Waals surface area (Å²) in [5, 5.41) is 2.65. The van der Waals surface area contributed by atoms with Crippen molar-refractivity contribution in [2.75, 3.05) is 14.2 Å². The first-order chi connectivity index (χ1) is 3.81. The van der Waals surface area contributed by atoms with E-state index in [1.807, 2.05) is 0 Å². The Balaban J connectivity index is 3.37. The molecule has 0 radical (unpaired) electrons. The lowest BCUT2D eigenvalue weighted by molar-refractivity contribution is -0.134. The van der Waals surface area contributed by atoms with Crippen LogP contribution in [0.15, 0.2) is 12.3 Å². The fourth-order valence-corrected chi connectivity index (χ4v) is 0.219. The molecule has 0 spiro atoms. The van der Waals surface area contributed by atoms with Crippen LogP contribution in [-0.2, 0) is 9.53 Å². The van der Waals surface area contributed by atoms with Gasteiger partial charge in [0.15, 0.2) is 0 Å². The van der Waals surface area contributed by atoms with Gasteiger partial charge < -0.3 is 10.1 Å². The third-order valence-electron chi connectivity index (χ3n) is 0.587. The molecule has 0 aliphatic carbocycles. The van der Waals surface area contributed by atoms with Crippen molar-refractivity contribution in [3.8, 4) is 0 Å². The van der Waals surface area contributed by atoms with Crippen molar-refractivity contribution in [3.63, 3.8) is 0 Å². The topological polar surface area (TPSA) is 38.3 Å². The van der Waals surface area contributed by atoms with Gasteiger partial charge in [-0.25, -0.2) is 4.79 Å². The number of hydrogen-bond acceptors (Lipinski definition) is 3. The summed E-state index contributed by atoms with van der Waals surface area (Å²) >= 11 is 0. The van der Waals surface area contributed by atoms with Gasteiger partial charge in [0, 0.05) is 19.3 Å². The van der Waals surface area contributed by atoms with Crippen LogP contribution in [0.3, 0.4) is 0 Å². The Bertz CT molecular complexity index is 98.6. The Morgan fingerprint density at radius 1 is 1.75 bits per heavy atom. The molecule has 0 aromatic rings. The van der Waals surface area contributed by atoms with Crippen LogP contribution >= 0.6 is 0 Å². The number of ether oxygens (including phenoxy) is 1. The largest absolute Gasteiger partial charge is 0.466 e. The van der Waals surface area contributed by atoms with E-state index in [9.17, 15) is 4.79 Å². The smallest absolute Gasteiger partial charge is 0.331 e. The number of esters is 1. The molecule has 3 heteroatoms. The van der Waals surface area contributed by atoms with Gasteiger partial charge in [-0.2, -0.15) is 0 Å². The lowest BCUT2D eigenvalue weighted by Crippen LogP contribution is -1.98. The van der Waals surface area contributed by atoms with Gasteiger partial charge in [0.1, 0.15) is 0 Å². The van der Waals surface area contributed by atoms with E-state index in [4.69, 9.17) is 0 Å². The summed E-state index contributed by atoms with van der Waals surface area (Å²) in [6.07, 6.45) is 2.81. The molecule has 1 N–H and O–H groups in total. The molecular weight excluding hydrogens is 106 g/mol. The van der Waals surface area contributed by atoms with Gasteiger partial charge in [0.2, 0.25) is 0 Å². The molecule has 0 unspecified atom stereocenters. The lowest BCUT2D eigenvalue weighted by Gasteiger charge is -1.87. The predicted molar refractivity (Wildman–Crippen MR) is 30.2 cm³/mol. The zero-order chi connectivity index (χ0) is 6.41. The van der Waals surface area contributed by atoms with Crippen molar-refractivity contribution in [2.24, 2.45) is 0 Å². The van der Waals surface area contributed by atoms with Crippen LogP contribution in [0.25, 0.3) is 0 Å². The van der Waals surface area contributed by atoms with Crippen molar-refractivity contribution in [3.05, 3.63) is 12.3 Å². The van der Waals surface area contributed by atoms with Crippen LogP contribution < -0.4 is 5.32 Å². The van der Waals surface area contributed by atoms with E-state index in [2.05, 4.69) is 10.1 Å². The molecule has 0 atom stereocenters. The van der Waals surface area contributed by atoms with E-state index < -0.39 is 0 Å². The van der Waals surface area contributed by atoms with Crippen LogP contribution in [0.4, 0.5) is 0 Å². The fourth-order valence-electron chi connectivity index (χ4n) is 0.219. The van der Waals surface area contributed by atoms with Gasteiger partial charge >= 0.3 is 5.97 Å². The molecule has 0 bridgehead atoms. The van der Waals surface area contributed by atoms with E-state index in [0.29, 0.717) is 0 Å². The summed E-state index contributed by atoms with van der Waals surface area (Å²) in [6.45, 7) is 0. The average Bonchev–Trinajstić information content (AvgIpc) is 1.83.